The van der Waals surface area contributed by atoms with Gasteiger partial charge < -0.3 is 4.74 Å². The minimum Gasteiger partial charge on any atom is -0.465 e. The average Bonchev–Trinajstić information content (AvgIpc) is 2.20. The van der Waals surface area contributed by atoms with Gasteiger partial charge in [-0.15, -0.1) is 0 Å². The maximum absolute atomic E-state index is 11.2. The van der Waals surface area contributed by atoms with E-state index >= 15 is 0 Å². The molecule has 3 nitrogen and oxygen atoms in total. The molecule has 5 heteroatoms. The van der Waals surface area contributed by atoms with Crippen molar-refractivity contribution < 1.29 is 14.3 Å². The van der Waals surface area contributed by atoms with Crippen molar-refractivity contribution in [1.82, 2.24) is 0 Å². The van der Waals surface area contributed by atoms with Crippen LogP contribution in [0.15, 0.2) is 24.3 Å². The van der Waals surface area contributed by atoms with Crippen LogP contribution in [0.4, 0.5) is 0 Å². The van der Waals surface area contributed by atoms with Crippen molar-refractivity contribution in [3.05, 3.63) is 34.9 Å². The lowest BCUT2D eigenvalue weighted by atomic mass is 10.0. The summed E-state index contributed by atoms with van der Waals surface area (Å²) < 4.78 is 4.77. The fourth-order valence-electron chi connectivity index (χ4n) is 1.19. The maximum Gasteiger partial charge on any atom is 0.302 e. The lowest BCUT2D eigenvalue weighted by molar-refractivity contribution is -0.141. The fraction of sp³-hybridized carbons (Fsp3) is 0.273. The zero-order chi connectivity index (χ0) is 12.1. The number of halogens is 2. The second kappa shape index (κ2) is 5.87. The Morgan fingerprint density at radius 2 is 1.88 bits per heavy atom. The lowest BCUT2D eigenvalue weighted by Crippen LogP contribution is -2.16. The molecule has 0 aliphatic carbocycles. The summed E-state index contributed by atoms with van der Waals surface area (Å²) in [6, 6.07) is 6.66. The van der Waals surface area contributed by atoms with E-state index in [9.17, 15) is 9.59 Å². The number of rotatable bonds is 4. The predicted molar refractivity (Wildman–Crippen MR) is 61.7 cm³/mol. The van der Waals surface area contributed by atoms with Gasteiger partial charge in [0.25, 0.3) is 0 Å². The van der Waals surface area contributed by atoms with E-state index in [0.29, 0.717) is 10.6 Å². The summed E-state index contributed by atoms with van der Waals surface area (Å²) in [6.45, 7) is 1.22. The highest BCUT2D eigenvalue weighted by molar-refractivity contribution is 6.64. The van der Waals surface area contributed by atoms with Crippen molar-refractivity contribution in [2.45, 2.75) is 12.8 Å². The van der Waals surface area contributed by atoms with Crippen LogP contribution in [0.5, 0.6) is 0 Å². The largest absolute Gasteiger partial charge is 0.465 e. The molecule has 0 amide bonds. The summed E-state index contributed by atoms with van der Waals surface area (Å²) in [7, 11) is 0. The van der Waals surface area contributed by atoms with Crippen LogP contribution in [-0.2, 0) is 14.3 Å². The van der Waals surface area contributed by atoms with Gasteiger partial charge in [-0.1, -0.05) is 23.7 Å². The third-order valence-corrected chi connectivity index (χ3v) is 2.51. The standard InChI is InChI=1S/C11H10Cl2O3/c1-7(14)16-6-10(11(13)15)8-2-4-9(12)5-3-8/h2-5,10H,6H2,1H3/t10-/m1/s1. The van der Waals surface area contributed by atoms with Crippen molar-refractivity contribution in [2.24, 2.45) is 0 Å². The van der Waals surface area contributed by atoms with E-state index in [2.05, 4.69) is 0 Å². The Bertz CT molecular complexity index is 387. The van der Waals surface area contributed by atoms with Crippen LogP contribution in [0.1, 0.15) is 18.4 Å². The van der Waals surface area contributed by atoms with Crippen LogP contribution in [0, 0.1) is 0 Å². The summed E-state index contributed by atoms with van der Waals surface area (Å²) in [5.41, 5.74) is 0.672. The Morgan fingerprint density at radius 3 is 2.31 bits per heavy atom. The average molecular weight is 261 g/mol. The van der Waals surface area contributed by atoms with E-state index in [1.807, 2.05) is 0 Å². The van der Waals surface area contributed by atoms with Crippen molar-refractivity contribution in [2.75, 3.05) is 6.61 Å². The van der Waals surface area contributed by atoms with Gasteiger partial charge in [0, 0.05) is 11.9 Å². The second-order valence-electron chi connectivity index (χ2n) is 3.21. The van der Waals surface area contributed by atoms with Gasteiger partial charge in [0.05, 0.1) is 5.92 Å². The first-order valence-electron chi connectivity index (χ1n) is 4.59. The van der Waals surface area contributed by atoms with Crippen LogP contribution in [0.2, 0.25) is 5.02 Å². The molecule has 16 heavy (non-hydrogen) atoms. The number of carbonyl (C=O) groups is 2. The summed E-state index contributed by atoms with van der Waals surface area (Å²) in [5.74, 6) is -1.10. The van der Waals surface area contributed by atoms with Gasteiger partial charge >= 0.3 is 5.97 Å². The molecular weight excluding hydrogens is 251 g/mol. The quantitative estimate of drug-likeness (QED) is 0.618. The molecule has 0 spiro atoms. The topological polar surface area (TPSA) is 43.4 Å². The number of ether oxygens (including phenoxy) is 1. The van der Waals surface area contributed by atoms with E-state index in [0.717, 1.165) is 0 Å². The van der Waals surface area contributed by atoms with E-state index in [1.165, 1.54) is 6.92 Å². The molecule has 0 heterocycles. The van der Waals surface area contributed by atoms with E-state index in [-0.39, 0.29) is 6.61 Å². The number of hydrogen-bond donors (Lipinski definition) is 0. The molecule has 0 aliphatic rings. The van der Waals surface area contributed by atoms with Gasteiger partial charge in [0.1, 0.15) is 6.61 Å². The van der Waals surface area contributed by atoms with Crippen LogP contribution < -0.4 is 0 Å². The molecule has 86 valence electrons. The first kappa shape index (κ1) is 13.0. The van der Waals surface area contributed by atoms with Gasteiger partial charge in [-0.05, 0) is 29.3 Å². The molecule has 0 saturated heterocycles. The number of hydrogen-bond acceptors (Lipinski definition) is 3. The van der Waals surface area contributed by atoms with E-state index in [1.54, 1.807) is 24.3 Å². The number of carbonyl (C=O) groups excluding carboxylic acids is 2. The first-order valence-corrected chi connectivity index (χ1v) is 5.34. The maximum atomic E-state index is 11.2. The number of benzene rings is 1. The molecule has 0 bridgehead atoms. The fourth-order valence-corrected chi connectivity index (χ4v) is 1.50. The van der Waals surface area contributed by atoms with Gasteiger partial charge in [-0.2, -0.15) is 0 Å². The monoisotopic (exact) mass is 260 g/mol. The Labute approximate surface area is 103 Å². The van der Waals surface area contributed by atoms with Crippen molar-refractivity contribution in [1.29, 1.82) is 0 Å². The van der Waals surface area contributed by atoms with Crippen LogP contribution in [0.25, 0.3) is 0 Å². The number of esters is 1. The first-order chi connectivity index (χ1) is 7.50. The van der Waals surface area contributed by atoms with Gasteiger partial charge in [-0.3, -0.25) is 9.59 Å². The SMILES string of the molecule is CC(=O)OC[C@@H](C(=O)Cl)c1ccc(Cl)cc1. The second-order valence-corrected chi connectivity index (χ2v) is 4.02. The Morgan fingerprint density at radius 1 is 1.31 bits per heavy atom. The molecule has 1 aromatic rings. The molecule has 0 aromatic heterocycles. The zero-order valence-electron chi connectivity index (χ0n) is 8.57. The third-order valence-electron chi connectivity index (χ3n) is 2.00. The molecule has 0 N–H and O–H groups in total. The van der Waals surface area contributed by atoms with Gasteiger partial charge in [-0.25, -0.2) is 0 Å². The molecule has 0 fully saturated rings. The molecule has 0 radical (unpaired) electrons. The summed E-state index contributed by atoms with van der Waals surface area (Å²) in [5, 5.41) is 0.000537. The molecular formula is C11H10Cl2O3. The Balaban J connectivity index is 2.81. The molecule has 1 atom stereocenters. The smallest absolute Gasteiger partial charge is 0.302 e. The molecule has 1 rings (SSSR count). The Kier molecular flexibility index (Phi) is 4.77. The predicted octanol–water partition coefficient (Wildman–Crippen LogP) is 2.75. The van der Waals surface area contributed by atoms with E-state index in [4.69, 9.17) is 27.9 Å². The Hall–Kier alpha value is -1.06. The zero-order valence-corrected chi connectivity index (χ0v) is 10.1. The van der Waals surface area contributed by atoms with Gasteiger partial charge in [0.15, 0.2) is 0 Å². The molecule has 0 saturated carbocycles. The van der Waals surface area contributed by atoms with E-state index < -0.39 is 17.1 Å². The summed E-state index contributed by atoms with van der Waals surface area (Å²) in [4.78, 5) is 21.8. The van der Waals surface area contributed by atoms with Crippen LogP contribution >= 0.6 is 23.2 Å². The minimum absolute atomic E-state index is 0.0563. The normalized spacial score (nSPS) is 11.9. The lowest BCUT2D eigenvalue weighted by Gasteiger charge is -2.12. The summed E-state index contributed by atoms with van der Waals surface area (Å²) in [6.07, 6.45) is 0. The highest BCUT2D eigenvalue weighted by atomic mass is 35.5. The van der Waals surface area contributed by atoms with Crippen LogP contribution in [-0.4, -0.2) is 17.8 Å². The van der Waals surface area contributed by atoms with Crippen molar-refractivity contribution >= 4 is 34.4 Å². The molecule has 1 aromatic carbocycles. The van der Waals surface area contributed by atoms with Gasteiger partial charge in [0.2, 0.25) is 5.24 Å². The third kappa shape index (κ3) is 3.83. The molecule has 0 unspecified atom stereocenters. The highest BCUT2D eigenvalue weighted by Gasteiger charge is 2.20. The minimum atomic E-state index is -0.650. The molecule has 0 aliphatic heterocycles. The van der Waals surface area contributed by atoms with Crippen molar-refractivity contribution in [3.8, 4) is 0 Å². The van der Waals surface area contributed by atoms with Crippen molar-refractivity contribution in [3.63, 3.8) is 0 Å². The van der Waals surface area contributed by atoms with Crippen LogP contribution in [0.3, 0.4) is 0 Å². The summed E-state index contributed by atoms with van der Waals surface area (Å²) >= 11 is 11.2. The highest BCUT2D eigenvalue weighted by Crippen LogP contribution is 2.21.